The lowest BCUT2D eigenvalue weighted by molar-refractivity contribution is 0.0940. The number of hydrogen-bond donors (Lipinski definition) is 2. The van der Waals surface area contributed by atoms with Crippen LogP contribution in [0.3, 0.4) is 0 Å². The molecule has 1 amide bonds. The number of rotatable bonds is 12. The summed E-state index contributed by atoms with van der Waals surface area (Å²) in [6, 6.07) is 4.99. The van der Waals surface area contributed by atoms with Crippen molar-refractivity contribution in [2.75, 3.05) is 33.5 Å². The van der Waals surface area contributed by atoms with Crippen LogP contribution in [0, 0.1) is 4.77 Å². The summed E-state index contributed by atoms with van der Waals surface area (Å²) in [5, 5.41) is 3.38. The van der Waals surface area contributed by atoms with E-state index in [1.165, 1.54) is 4.57 Å². The Bertz CT molecular complexity index is 891. The van der Waals surface area contributed by atoms with E-state index in [9.17, 15) is 9.59 Å². The van der Waals surface area contributed by atoms with Gasteiger partial charge in [0.15, 0.2) is 4.77 Å². The molecule has 7 nitrogen and oxygen atoms in total. The van der Waals surface area contributed by atoms with Crippen LogP contribution in [0.5, 0.6) is 0 Å². The highest BCUT2D eigenvalue weighted by atomic mass is 32.1. The SMILES string of the molecule is CCCCOCCCNC(=O)c1ccc2c(=O)n(CCCOC)c(=S)[nH]c2c1. The summed E-state index contributed by atoms with van der Waals surface area (Å²) in [4.78, 5) is 28.1. The van der Waals surface area contributed by atoms with Crippen LogP contribution in [-0.4, -0.2) is 48.9 Å². The molecule has 0 spiro atoms. The predicted molar refractivity (Wildman–Crippen MR) is 113 cm³/mol. The van der Waals surface area contributed by atoms with Crippen LogP contribution in [0.4, 0.5) is 0 Å². The summed E-state index contributed by atoms with van der Waals surface area (Å²) in [5.41, 5.74) is 0.890. The minimum Gasteiger partial charge on any atom is -0.385 e. The quantitative estimate of drug-likeness (QED) is 0.417. The summed E-state index contributed by atoms with van der Waals surface area (Å²) in [5.74, 6) is -0.181. The van der Waals surface area contributed by atoms with E-state index in [0.717, 1.165) is 25.9 Å². The van der Waals surface area contributed by atoms with Gasteiger partial charge in [-0.05, 0) is 49.7 Å². The molecule has 1 heterocycles. The van der Waals surface area contributed by atoms with E-state index < -0.39 is 0 Å². The van der Waals surface area contributed by atoms with Crippen molar-refractivity contribution < 1.29 is 14.3 Å². The van der Waals surface area contributed by atoms with Gasteiger partial charge in [0.25, 0.3) is 11.5 Å². The molecule has 0 atom stereocenters. The largest absolute Gasteiger partial charge is 0.385 e. The molecule has 1 aromatic carbocycles. The molecule has 8 heteroatoms. The van der Waals surface area contributed by atoms with Crippen LogP contribution in [0.2, 0.25) is 0 Å². The monoisotopic (exact) mass is 407 g/mol. The van der Waals surface area contributed by atoms with E-state index in [2.05, 4.69) is 17.2 Å². The molecule has 0 aliphatic rings. The number of amides is 1. The highest BCUT2D eigenvalue weighted by Gasteiger charge is 2.10. The van der Waals surface area contributed by atoms with Crippen LogP contribution in [0.15, 0.2) is 23.0 Å². The molecule has 0 saturated carbocycles. The summed E-state index contributed by atoms with van der Waals surface area (Å²) < 4.78 is 12.4. The smallest absolute Gasteiger partial charge is 0.262 e. The molecule has 154 valence electrons. The number of H-pyrrole nitrogens is 1. The summed E-state index contributed by atoms with van der Waals surface area (Å²) in [6.07, 6.45) is 3.62. The Hall–Kier alpha value is -2.03. The Morgan fingerprint density at radius 2 is 2.00 bits per heavy atom. The highest BCUT2D eigenvalue weighted by Crippen LogP contribution is 2.11. The van der Waals surface area contributed by atoms with E-state index >= 15 is 0 Å². The zero-order chi connectivity index (χ0) is 20.4. The lowest BCUT2D eigenvalue weighted by atomic mass is 10.1. The Morgan fingerprint density at radius 1 is 1.21 bits per heavy atom. The number of unbranched alkanes of at least 4 members (excludes halogenated alkanes) is 1. The van der Waals surface area contributed by atoms with E-state index in [1.807, 2.05) is 0 Å². The van der Waals surface area contributed by atoms with Crippen LogP contribution in [-0.2, 0) is 16.0 Å². The summed E-state index contributed by atoms with van der Waals surface area (Å²) in [7, 11) is 1.62. The minimum absolute atomic E-state index is 0.161. The number of aromatic nitrogens is 2. The van der Waals surface area contributed by atoms with Crippen molar-refractivity contribution in [1.29, 1.82) is 0 Å². The van der Waals surface area contributed by atoms with Gasteiger partial charge in [-0.1, -0.05) is 13.3 Å². The molecule has 0 radical (unpaired) electrons. The van der Waals surface area contributed by atoms with Crippen molar-refractivity contribution >= 4 is 29.0 Å². The summed E-state index contributed by atoms with van der Waals surface area (Å²) in [6.45, 7) is 5.10. The number of fused-ring (bicyclic) bond motifs is 1. The molecule has 0 fully saturated rings. The lowest BCUT2D eigenvalue weighted by Crippen LogP contribution is -2.26. The minimum atomic E-state index is -0.181. The second kappa shape index (κ2) is 11.7. The van der Waals surface area contributed by atoms with Crippen LogP contribution < -0.4 is 10.9 Å². The maximum absolute atomic E-state index is 12.7. The number of ether oxygens (including phenoxy) is 2. The van der Waals surface area contributed by atoms with Gasteiger partial charge in [0.1, 0.15) is 0 Å². The maximum Gasteiger partial charge on any atom is 0.262 e. The Labute approximate surface area is 170 Å². The van der Waals surface area contributed by atoms with Crippen LogP contribution in [0.25, 0.3) is 10.9 Å². The van der Waals surface area contributed by atoms with E-state index in [-0.39, 0.29) is 11.5 Å². The number of benzene rings is 1. The first kappa shape index (κ1) is 22.3. The van der Waals surface area contributed by atoms with Crippen molar-refractivity contribution in [2.24, 2.45) is 0 Å². The van der Waals surface area contributed by atoms with Crippen molar-refractivity contribution in [3.63, 3.8) is 0 Å². The number of hydrogen-bond acceptors (Lipinski definition) is 5. The van der Waals surface area contributed by atoms with Gasteiger partial charge >= 0.3 is 0 Å². The van der Waals surface area contributed by atoms with Crippen LogP contribution in [0.1, 0.15) is 43.0 Å². The molecule has 2 N–H and O–H groups in total. The topological polar surface area (TPSA) is 85.3 Å². The standard InChI is InChI=1S/C20H29N3O4S/c1-3-4-12-27-13-5-9-21-18(24)15-7-8-16-17(14-15)22-20(28)23(19(16)25)10-6-11-26-2/h7-8,14H,3-6,9-13H2,1-2H3,(H,21,24)(H,22,28). The van der Waals surface area contributed by atoms with E-state index in [1.54, 1.807) is 25.3 Å². The summed E-state index contributed by atoms with van der Waals surface area (Å²) >= 11 is 5.31. The number of aromatic amines is 1. The normalized spacial score (nSPS) is 11.1. The lowest BCUT2D eigenvalue weighted by Gasteiger charge is -2.09. The number of methoxy groups -OCH3 is 1. The second-order valence-corrected chi connectivity index (χ2v) is 6.96. The maximum atomic E-state index is 12.7. The fourth-order valence-electron chi connectivity index (χ4n) is 2.79. The third kappa shape index (κ3) is 6.25. The zero-order valence-corrected chi connectivity index (χ0v) is 17.4. The molecule has 1 aromatic heterocycles. The van der Waals surface area contributed by atoms with Crippen molar-refractivity contribution in [2.45, 2.75) is 39.2 Å². The van der Waals surface area contributed by atoms with Gasteiger partial charge in [0.05, 0.1) is 10.9 Å². The van der Waals surface area contributed by atoms with Gasteiger partial charge < -0.3 is 19.8 Å². The van der Waals surface area contributed by atoms with Gasteiger partial charge in [-0.25, -0.2) is 0 Å². The van der Waals surface area contributed by atoms with Gasteiger partial charge in [0.2, 0.25) is 0 Å². The Balaban J connectivity index is 2.01. The molecule has 0 aliphatic heterocycles. The first-order valence-electron chi connectivity index (χ1n) is 9.70. The third-order valence-corrected chi connectivity index (χ3v) is 4.69. The molecule has 0 saturated heterocycles. The number of nitrogens with zero attached hydrogens (tertiary/aromatic N) is 1. The molecule has 2 aromatic rings. The fraction of sp³-hybridized carbons (Fsp3) is 0.550. The number of carbonyl (C=O) groups is 1. The highest BCUT2D eigenvalue weighted by molar-refractivity contribution is 7.71. The van der Waals surface area contributed by atoms with Gasteiger partial charge in [0, 0.05) is 45.6 Å². The van der Waals surface area contributed by atoms with Crippen molar-refractivity contribution in [3.8, 4) is 0 Å². The van der Waals surface area contributed by atoms with Crippen molar-refractivity contribution in [1.82, 2.24) is 14.9 Å². The van der Waals surface area contributed by atoms with Gasteiger partial charge in [-0.3, -0.25) is 14.2 Å². The Morgan fingerprint density at radius 3 is 2.75 bits per heavy atom. The average molecular weight is 408 g/mol. The first-order chi connectivity index (χ1) is 13.6. The van der Waals surface area contributed by atoms with E-state index in [4.69, 9.17) is 21.7 Å². The van der Waals surface area contributed by atoms with E-state index in [0.29, 0.717) is 54.0 Å². The number of carbonyl (C=O) groups excluding carboxylic acids is 1. The second-order valence-electron chi connectivity index (χ2n) is 6.57. The zero-order valence-electron chi connectivity index (χ0n) is 16.6. The molecule has 0 unspecified atom stereocenters. The third-order valence-electron chi connectivity index (χ3n) is 4.37. The van der Waals surface area contributed by atoms with Gasteiger partial charge in [-0.2, -0.15) is 0 Å². The molecule has 28 heavy (non-hydrogen) atoms. The average Bonchev–Trinajstić information content (AvgIpc) is 2.69. The molecule has 0 bridgehead atoms. The first-order valence-corrected chi connectivity index (χ1v) is 10.1. The fourth-order valence-corrected chi connectivity index (χ4v) is 3.08. The molecular weight excluding hydrogens is 378 g/mol. The Kier molecular flexibility index (Phi) is 9.33. The molecule has 0 aliphatic carbocycles. The number of nitrogens with one attached hydrogen (secondary N) is 2. The van der Waals surface area contributed by atoms with Crippen LogP contribution >= 0.6 is 12.2 Å². The molecule has 2 rings (SSSR count). The molecular formula is C20H29N3O4S. The predicted octanol–water partition coefficient (Wildman–Crippen LogP) is 3.03. The van der Waals surface area contributed by atoms with Crippen molar-refractivity contribution in [3.05, 3.63) is 38.9 Å². The van der Waals surface area contributed by atoms with Gasteiger partial charge in [-0.15, -0.1) is 0 Å².